The van der Waals surface area contributed by atoms with E-state index in [1.165, 1.54) is 45.2 Å². The maximum absolute atomic E-state index is 12.9. The van der Waals surface area contributed by atoms with Gasteiger partial charge in [-0.2, -0.15) is 0 Å². The summed E-state index contributed by atoms with van der Waals surface area (Å²) in [5.74, 6) is 0.899. The molecule has 7 nitrogen and oxygen atoms in total. The molecule has 1 amide bonds. The van der Waals surface area contributed by atoms with E-state index in [1.54, 1.807) is 7.11 Å². The van der Waals surface area contributed by atoms with Gasteiger partial charge in [-0.15, -0.1) is 0 Å². The lowest BCUT2D eigenvalue weighted by Gasteiger charge is -2.33. The molecule has 3 aromatic rings. The number of amides is 1. The highest BCUT2D eigenvalue weighted by molar-refractivity contribution is 5.69. The van der Waals surface area contributed by atoms with Crippen LogP contribution in [0.4, 0.5) is 4.79 Å². The van der Waals surface area contributed by atoms with E-state index in [9.17, 15) is 4.79 Å². The number of nitrogens with zero attached hydrogens (tertiary/aromatic N) is 2. The summed E-state index contributed by atoms with van der Waals surface area (Å²) in [5.41, 5.74) is 3.20. The van der Waals surface area contributed by atoms with Crippen molar-refractivity contribution < 1.29 is 23.5 Å². The number of likely N-dealkylation sites (tertiary alicyclic amines) is 1. The molecule has 0 aliphatic carbocycles. The number of rotatable bonds is 19. The lowest BCUT2D eigenvalue weighted by Crippen LogP contribution is -2.42. The van der Waals surface area contributed by atoms with Crippen molar-refractivity contribution in [1.29, 1.82) is 0 Å². The molecule has 1 heterocycles. The highest BCUT2D eigenvalue weighted by Gasteiger charge is 2.24. The van der Waals surface area contributed by atoms with Crippen LogP contribution in [0.5, 0.6) is 5.75 Å². The number of benzene rings is 3. The van der Waals surface area contributed by atoms with Gasteiger partial charge in [-0.1, -0.05) is 85.3 Å². The molecule has 0 spiro atoms. The summed E-state index contributed by atoms with van der Waals surface area (Å²) in [6, 6.07) is 28.0. The summed E-state index contributed by atoms with van der Waals surface area (Å²) >= 11 is 0. The Balaban J connectivity index is 1.03. The molecule has 0 unspecified atom stereocenters. The lowest BCUT2D eigenvalue weighted by atomic mass is 9.99. The minimum absolute atomic E-state index is 0.0296. The van der Waals surface area contributed by atoms with Crippen molar-refractivity contribution >= 4 is 6.09 Å². The molecule has 0 aromatic heterocycles. The molecule has 0 saturated carbocycles. The van der Waals surface area contributed by atoms with Gasteiger partial charge in [-0.25, -0.2) is 4.79 Å². The molecule has 250 valence electrons. The molecule has 1 aliphatic rings. The van der Waals surface area contributed by atoms with Crippen LogP contribution in [-0.2, 0) is 16.1 Å². The van der Waals surface area contributed by atoms with Gasteiger partial charge in [0.05, 0.1) is 46.9 Å². The molecule has 0 bridgehead atoms. The number of alkyl carbamates (subject to hydrolysis) is 1. The fourth-order valence-electron chi connectivity index (χ4n) is 6.29. The quantitative estimate of drug-likeness (QED) is 0.109. The zero-order chi connectivity index (χ0) is 32.5. The summed E-state index contributed by atoms with van der Waals surface area (Å²) in [4.78, 5) is 15.5. The topological polar surface area (TPSA) is 60.0 Å². The van der Waals surface area contributed by atoms with Crippen LogP contribution in [-0.4, -0.2) is 82.1 Å². The molecule has 0 atom stereocenters. The Morgan fingerprint density at radius 3 is 2.04 bits per heavy atom. The maximum atomic E-state index is 12.9. The number of methoxy groups -OCH3 is 1. The highest BCUT2D eigenvalue weighted by Crippen LogP contribution is 2.23. The van der Waals surface area contributed by atoms with E-state index in [1.807, 2.05) is 78.9 Å². The second-order valence-corrected chi connectivity index (χ2v) is 13.2. The Labute approximate surface area is 277 Å². The number of piperidine rings is 1. The lowest BCUT2D eigenvalue weighted by molar-refractivity contribution is -0.890. The zero-order valence-corrected chi connectivity index (χ0v) is 28.4. The van der Waals surface area contributed by atoms with E-state index in [-0.39, 0.29) is 18.2 Å². The minimum Gasteiger partial charge on any atom is -0.496 e. The number of carbonyl (C=O) groups is 1. The first-order valence-electron chi connectivity index (χ1n) is 17.2. The number of para-hydroxylation sites is 1. The van der Waals surface area contributed by atoms with Gasteiger partial charge in [0.2, 0.25) is 0 Å². The van der Waals surface area contributed by atoms with Gasteiger partial charge in [0, 0.05) is 25.3 Å². The van der Waals surface area contributed by atoms with Gasteiger partial charge in [-0.3, -0.25) is 0 Å². The monoisotopic (exact) mass is 630 g/mol. The van der Waals surface area contributed by atoms with Crippen molar-refractivity contribution in [3.05, 3.63) is 102 Å². The predicted octanol–water partition coefficient (Wildman–Crippen LogP) is 7.61. The highest BCUT2D eigenvalue weighted by atomic mass is 16.6. The summed E-state index contributed by atoms with van der Waals surface area (Å²) < 4.78 is 18.3. The van der Waals surface area contributed by atoms with E-state index in [0.717, 1.165) is 72.4 Å². The molecule has 46 heavy (non-hydrogen) atoms. The molecule has 3 aromatic carbocycles. The number of carbonyl (C=O) groups excluding carboxylic acids is 1. The summed E-state index contributed by atoms with van der Waals surface area (Å²) in [7, 11) is 6.44. The minimum atomic E-state index is -0.339. The first kappa shape index (κ1) is 35.5. The van der Waals surface area contributed by atoms with E-state index < -0.39 is 0 Å². The van der Waals surface area contributed by atoms with Crippen molar-refractivity contribution in [2.24, 2.45) is 0 Å². The van der Waals surface area contributed by atoms with Gasteiger partial charge in [-0.05, 0) is 68.7 Å². The second kappa shape index (κ2) is 19.3. The van der Waals surface area contributed by atoms with Crippen LogP contribution in [0.25, 0.3) is 0 Å². The number of ether oxygens (including phenoxy) is 3. The Hall–Kier alpha value is -3.39. The Bertz CT molecular complexity index is 1220. The molecule has 1 aliphatic heterocycles. The van der Waals surface area contributed by atoms with Crippen molar-refractivity contribution in [2.45, 2.75) is 70.1 Å². The molecule has 1 N–H and O–H groups in total. The SMILES string of the molecule is COc1ccccc1COCCCCCC[N+](C)(C)CCCCN1CCC(OC(=O)NC(c2ccccc2)c2ccccc2)CC1. The molecule has 1 fully saturated rings. The molecule has 7 heteroatoms. The molecular formula is C39H56N3O4+. The zero-order valence-electron chi connectivity index (χ0n) is 28.4. The Morgan fingerprint density at radius 1 is 0.804 bits per heavy atom. The van der Waals surface area contributed by atoms with Crippen LogP contribution in [0.2, 0.25) is 0 Å². The van der Waals surface area contributed by atoms with Crippen LogP contribution >= 0.6 is 0 Å². The fraction of sp³-hybridized carbons (Fsp3) is 0.513. The van der Waals surface area contributed by atoms with E-state index in [0.29, 0.717) is 6.61 Å². The van der Waals surface area contributed by atoms with Crippen molar-refractivity contribution in [3.8, 4) is 5.75 Å². The van der Waals surface area contributed by atoms with E-state index in [4.69, 9.17) is 14.2 Å². The van der Waals surface area contributed by atoms with Gasteiger partial charge < -0.3 is 28.9 Å². The number of hydrogen-bond donors (Lipinski definition) is 1. The average Bonchev–Trinajstić information content (AvgIpc) is 3.08. The van der Waals surface area contributed by atoms with Crippen molar-refractivity contribution in [3.63, 3.8) is 0 Å². The van der Waals surface area contributed by atoms with Crippen LogP contribution in [0.1, 0.15) is 74.1 Å². The van der Waals surface area contributed by atoms with Crippen LogP contribution < -0.4 is 10.1 Å². The third-order valence-corrected chi connectivity index (χ3v) is 9.08. The number of unbranched alkanes of at least 4 members (excludes halogenated alkanes) is 4. The van der Waals surface area contributed by atoms with Gasteiger partial charge in [0.15, 0.2) is 0 Å². The standard InChI is InChI=1S/C39H55N3O4/c1-42(2,29-15-4-5-17-31-45-32-35-22-12-13-23-37(35)44-3)30-16-14-26-41-27-24-36(25-28-41)46-39(43)40-38(33-18-8-6-9-19-33)34-20-10-7-11-21-34/h6-13,18-23,36,38H,4-5,14-17,24-32H2,1-3H3/p+1. The first-order valence-corrected chi connectivity index (χ1v) is 17.2. The third kappa shape index (κ3) is 12.4. The van der Waals surface area contributed by atoms with Crippen LogP contribution in [0.3, 0.4) is 0 Å². The largest absolute Gasteiger partial charge is 0.496 e. The second-order valence-electron chi connectivity index (χ2n) is 13.2. The first-order chi connectivity index (χ1) is 22.4. The van der Waals surface area contributed by atoms with Gasteiger partial charge in [0.1, 0.15) is 11.9 Å². The van der Waals surface area contributed by atoms with Crippen LogP contribution in [0, 0.1) is 0 Å². The van der Waals surface area contributed by atoms with Crippen molar-refractivity contribution in [1.82, 2.24) is 10.2 Å². The number of nitrogens with one attached hydrogen (secondary N) is 1. The molecular weight excluding hydrogens is 574 g/mol. The molecule has 0 radical (unpaired) electrons. The normalized spacial score (nSPS) is 14.3. The average molecular weight is 631 g/mol. The molecule has 1 saturated heterocycles. The van der Waals surface area contributed by atoms with E-state index in [2.05, 4.69) is 30.4 Å². The summed E-state index contributed by atoms with van der Waals surface area (Å²) in [5, 5.41) is 3.12. The van der Waals surface area contributed by atoms with Crippen molar-refractivity contribution in [2.75, 3.05) is 60.5 Å². The summed E-state index contributed by atoms with van der Waals surface area (Å²) in [6.07, 6.45) is 8.71. The number of quaternary nitrogens is 1. The Morgan fingerprint density at radius 2 is 1.39 bits per heavy atom. The number of hydrogen-bond acceptors (Lipinski definition) is 5. The van der Waals surface area contributed by atoms with Crippen LogP contribution in [0.15, 0.2) is 84.9 Å². The molecule has 4 rings (SSSR count). The summed E-state index contributed by atoms with van der Waals surface area (Å²) in [6.45, 7) is 6.95. The third-order valence-electron chi connectivity index (χ3n) is 9.08. The fourth-order valence-corrected chi connectivity index (χ4v) is 6.29. The maximum Gasteiger partial charge on any atom is 0.408 e. The van der Waals surface area contributed by atoms with Gasteiger partial charge in [0.25, 0.3) is 0 Å². The van der Waals surface area contributed by atoms with E-state index >= 15 is 0 Å². The smallest absolute Gasteiger partial charge is 0.408 e. The predicted molar refractivity (Wildman–Crippen MR) is 186 cm³/mol. The van der Waals surface area contributed by atoms with Gasteiger partial charge >= 0.3 is 6.09 Å². The Kier molecular flexibility index (Phi) is 14.9.